The van der Waals surface area contributed by atoms with Crippen molar-refractivity contribution in [2.24, 2.45) is 0 Å². The van der Waals surface area contributed by atoms with Crippen molar-refractivity contribution in [2.75, 3.05) is 0 Å². The van der Waals surface area contributed by atoms with Gasteiger partial charge in [-0.25, -0.2) is 9.13 Å². The number of aliphatic carboxylic acids is 1. The number of carbonyl (C=O) groups is 1. The number of benzene rings is 1. The smallest absolute Gasteiger partial charge is 0.307 e. The molecule has 6 heteroatoms. The van der Waals surface area contributed by atoms with Crippen LogP contribution in [0.3, 0.4) is 0 Å². The number of rotatable bonds is 4. The monoisotopic (exact) mass is 301 g/mol. The molecule has 0 atom stereocenters. The second kappa shape index (κ2) is 5.39. The molecule has 0 amide bonds. The molecule has 0 fully saturated rings. The number of carboxylic acid groups (broad SMARTS) is 1. The quantitative estimate of drug-likeness (QED) is 0.882. The highest BCUT2D eigenvalue weighted by Crippen LogP contribution is 2.27. The van der Waals surface area contributed by atoms with Gasteiger partial charge in [0.15, 0.2) is 11.0 Å². The van der Waals surface area contributed by atoms with Gasteiger partial charge in [-0.3, -0.25) is 4.79 Å². The summed E-state index contributed by atoms with van der Waals surface area (Å²) in [6.45, 7) is 5.21. The molecular weight excluding hydrogens is 287 g/mol. The summed E-state index contributed by atoms with van der Waals surface area (Å²) in [4.78, 5) is 10.8. The van der Waals surface area contributed by atoms with Crippen LogP contribution in [0, 0.1) is 6.92 Å². The third-order valence-corrected chi connectivity index (χ3v) is 3.97. The Morgan fingerprint density at radius 2 is 2.00 bits per heavy atom. The standard InChI is InChI=1S/C13H14Cl2N2O2/c1-3-16-8(2)17(5-4-13(18)19)12-7-10(15)9(14)6-11(12)16/h6-7H,3-5H2,1-2H3/p+1. The summed E-state index contributed by atoms with van der Waals surface area (Å²) in [5.74, 6) is 0.182. The lowest BCUT2D eigenvalue weighted by molar-refractivity contribution is -0.677. The molecule has 102 valence electrons. The Bertz CT molecular complexity index is 650. The number of aryl methyl sites for hydroxylation is 2. The van der Waals surface area contributed by atoms with Gasteiger partial charge in [0, 0.05) is 19.1 Å². The Balaban J connectivity index is 2.64. The molecular formula is C13H15Cl2N2O2+. The number of hydrogen-bond donors (Lipinski definition) is 1. The van der Waals surface area contributed by atoms with Gasteiger partial charge in [0.05, 0.1) is 23.0 Å². The first-order valence-electron chi connectivity index (χ1n) is 6.05. The van der Waals surface area contributed by atoms with E-state index < -0.39 is 5.97 Å². The molecule has 0 radical (unpaired) electrons. The first kappa shape index (κ1) is 14.2. The third-order valence-electron chi connectivity index (χ3n) is 3.25. The number of fused-ring (bicyclic) bond motifs is 1. The van der Waals surface area contributed by atoms with Gasteiger partial charge in [-0.05, 0) is 6.92 Å². The minimum Gasteiger partial charge on any atom is -0.481 e. The molecule has 1 N–H and O–H groups in total. The molecule has 1 heterocycles. The molecule has 0 bridgehead atoms. The maximum absolute atomic E-state index is 10.8. The van der Waals surface area contributed by atoms with Crippen LogP contribution in [-0.2, 0) is 17.9 Å². The fourth-order valence-corrected chi connectivity index (χ4v) is 2.66. The van der Waals surface area contributed by atoms with Gasteiger partial charge in [0.25, 0.3) is 5.82 Å². The Morgan fingerprint density at radius 3 is 2.58 bits per heavy atom. The van der Waals surface area contributed by atoms with Crippen LogP contribution < -0.4 is 4.57 Å². The number of hydrogen-bond acceptors (Lipinski definition) is 1. The summed E-state index contributed by atoms with van der Waals surface area (Å²) in [5.41, 5.74) is 1.88. The van der Waals surface area contributed by atoms with Gasteiger partial charge >= 0.3 is 5.97 Å². The van der Waals surface area contributed by atoms with Crippen LogP contribution in [0.5, 0.6) is 0 Å². The van der Waals surface area contributed by atoms with Crippen molar-refractivity contribution >= 4 is 40.2 Å². The van der Waals surface area contributed by atoms with Crippen LogP contribution in [0.1, 0.15) is 19.2 Å². The van der Waals surface area contributed by atoms with Crippen molar-refractivity contribution in [1.29, 1.82) is 0 Å². The second-order valence-electron chi connectivity index (χ2n) is 4.34. The molecule has 2 aromatic rings. The van der Waals surface area contributed by atoms with E-state index in [0.717, 1.165) is 23.4 Å². The van der Waals surface area contributed by atoms with Crippen molar-refractivity contribution in [3.63, 3.8) is 0 Å². The van der Waals surface area contributed by atoms with Crippen LogP contribution in [0.4, 0.5) is 0 Å². The second-order valence-corrected chi connectivity index (χ2v) is 5.16. The molecule has 0 spiro atoms. The average Bonchev–Trinajstić information content (AvgIpc) is 2.59. The summed E-state index contributed by atoms with van der Waals surface area (Å²) in [6.07, 6.45) is 0.0780. The van der Waals surface area contributed by atoms with Crippen LogP contribution >= 0.6 is 23.2 Å². The first-order valence-corrected chi connectivity index (χ1v) is 6.80. The summed E-state index contributed by atoms with van der Waals surface area (Å²) >= 11 is 12.1. The Morgan fingerprint density at radius 1 is 1.37 bits per heavy atom. The Kier molecular flexibility index (Phi) is 4.02. The number of halogens is 2. The number of imidazole rings is 1. The first-order chi connectivity index (χ1) is 8.95. The number of nitrogens with zero attached hydrogens (tertiary/aromatic N) is 2. The molecule has 4 nitrogen and oxygen atoms in total. The third kappa shape index (κ3) is 2.55. The predicted molar refractivity (Wildman–Crippen MR) is 74.8 cm³/mol. The van der Waals surface area contributed by atoms with Crippen molar-refractivity contribution in [1.82, 2.24) is 4.57 Å². The van der Waals surface area contributed by atoms with Crippen molar-refractivity contribution in [3.05, 3.63) is 28.0 Å². The Hall–Kier alpha value is -1.26. The maximum Gasteiger partial charge on any atom is 0.307 e. The Labute approximate surface area is 121 Å². The van der Waals surface area contributed by atoms with Gasteiger partial charge in [-0.2, -0.15) is 0 Å². The summed E-state index contributed by atoms with van der Waals surface area (Å²) < 4.78 is 4.06. The fraction of sp³-hybridized carbons (Fsp3) is 0.385. The average molecular weight is 302 g/mol. The maximum atomic E-state index is 10.8. The molecule has 0 saturated carbocycles. The lowest BCUT2D eigenvalue weighted by atomic mass is 10.3. The van der Waals surface area contributed by atoms with Crippen molar-refractivity contribution < 1.29 is 14.5 Å². The van der Waals surface area contributed by atoms with E-state index in [1.807, 2.05) is 24.5 Å². The summed E-state index contributed by atoms with van der Waals surface area (Å²) in [5, 5.41) is 9.82. The highest BCUT2D eigenvalue weighted by Gasteiger charge is 2.22. The lowest BCUT2D eigenvalue weighted by Crippen LogP contribution is -2.37. The number of aromatic nitrogens is 2. The van der Waals surface area contributed by atoms with Gasteiger partial charge < -0.3 is 5.11 Å². The van der Waals surface area contributed by atoms with E-state index in [-0.39, 0.29) is 6.42 Å². The van der Waals surface area contributed by atoms with Gasteiger partial charge in [0.2, 0.25) is 0 Å². The van der Waals surface area contributed by atoms with Crippen LogP contribution in [0.15, 0.2) is 12.1 Å². The van der Waals surface area contributed by atoms with E-state index in [4.69, 9.17) is 28.3 Å². The van der Waals surface area contributed by atoms with Crippen molar-refractivity contribution in [3.8, 4) is 0 Å². The van der Waals surface area contributed by atoms with E-state index >= 15 is 0 Å². The SMILES string of the molecule is CCn1c(C)[n+](CCC(=O)O)c2cc(Cl)c(Cl)cc21. The van der Waals surface area contributed by atoms with E-state index in [1.54, 1.807) is 6.07 Å². The largest absolute Gasteiger partial charge is 0.481 e. The molecule has 2 rings (SSSR count). The highest BCUT2D eigenvalue weighted by molar-refractivity contribution is 6.42. The van der Waals surface area contributed by atoms with Gasteiger partial charge in [0.1, 0.15) is 6.54 Å². The van der Waals surface area contributed by atoms with E-state index in [1.165, 1.54) is 0 Å². The van der Waals surface area contributed by atoms with Gasteiger partial charge in [-0.15, -0.1) is 0 Å². The van der Waals surface area contributed by atoms with E-state index in [0.29, 0.717) is 16.6 Å². The molecule has 0 aliphatic rings. The highest BCUT2D eigenvalue weighted by atomic mass is 35.5. The molecule has 0 unspecified atom stereocenters. The zero-order chi connectivity index (χ0) is 14.2. The molecule has 0 aliphatic heterocycles. The minimum atomic E-state index is -0.815. The topological polar surface area (TPSA) is 46.1 Å². The van der Waals surface area contributed by atoms with Crippen molar-refractivity contribution in [2.45, 2.75) is 33.4 Å². The number of carboxylic acids is 1. The molecule has 1 aromatic carbocycles. The molecule has 0 aliphatic carbocycles. The van der Waals surface area contributed by atoms with Gasteiger partial charge in [-0.1, -0.05) is 23.2 Å². The lowest BCUT2D eigenvalue weighted by Gasteiger charge is -1.98. The zero-order valence-electron chi connectivity index (χ0n) is 10.8. The van der Waals surface area contributed by atoms with Crippen LogP contribution in [0.25, 0.3) is 11.0 Å². The molecule has 1 aromatic heterocycles. The molecule has 19 heavy (non-hydrogen) atoms. The summed E-state index contributed by atoms with van der Waals surface area (Å²) in [6, 6.07) is 3.62. The zero-order valence-corrected chi connectivity index (χ0v) is 12.3. The minimum absolute atomic E-state index is 0.0780. The predicted octanol–water partition coefficient (Wildman–Crippen LogP) is 3.04. The summed E-state index contributed by atoms with van der Waals surface area (Å²) in [7, 11) is 0. The molecule has 0 saturated heterocycles. The normalized spacial score (nSPS) is 11.2. The van der Waals surface area contributed by atoms with E-state index in [9.17, 15) is 4.79 Å². The van der Waals surface area contributed by atoms with E-state index in [2.05, 4.69) is 4.57 Å². The van der Waals surface area contributed by atoms with Crippen LogP contribution in [-0.4, -0.2) is 15.6 Å². The fourth-order valence-electron chi connectivity index (χ4n) is 2.34. The van der Waals surface area contributed by atoms with Crippen LogP contribution in [0.2, 0.25) is 10.0 Å².